The molecule has 220 valence electrons. The van der Waals surface area contributed by atoms with Crippen molar-refractivity contribution >= 4 is 34.3 Å². The highest BCUT2D eigenvalue weighted by molar-refractivity contribution is 6.06. The molecular weight excluding hydrogens is 528 g/mol. The van der Waals surface area contributed by atoms with Crippen molar-refractivity contribution in [2.75, 3.05) is 70.4 Å². The first-order chi connectivity index (χ1) is 19.8. The summed E-state index contributed by atoms with van der Waals surface area (Å²) in [7, 11) is 3.17. The van der Waals surface area contributed by atoms with E-state index in [0.717, 1.165) is 11.1 Å². The van der Waals surface area contributed by atoms with Crippen molar-refractivity contribution in [3.8, 4) is 17.2 Å². The Kier molecular flexibility index (Phi) is 10.1. The number of benzene rings is 2. The molecule has 0 atom stereocenters. The molecular formula is C30H38N4O7. The van der Waals surface area contributed by atoms with E-state index in [0.29, 0.717) is 73.3 Å². The highest BCUT2D eigenvalue weighted by Crippen LogP contribution is 2.38. The van der Waals surface area contributed by atoms with Crippen molar-refractivity contribution in [2.24, 2.45) is 0 Å². The summed E-state index contributed by atoms with van der Waals surface area (Å²) in [6.45, 7) is 8.65. The molecule has 1 aliphatic rings. The first kappa shape index (κ1) is 29.7. The zero-order valence-corrected chi connectivity index (χ0v) is 24.3. The van der Waals surface area contributed by atoms with Crippen molar-refractivity contribution in [1.29, 1.82) is 0 Å². The van der Waals surface area contributed by atoms with Crippen LogP contribution in [0.1, 0.15) is 31.1 Å². The number of rotatable bonds is 11. The van der Waals surface area contributed by atoms with Gasteiger partial charge in [0.2, 0.25) is 0 Å². The van der Waals surface area contributed by atoms with Crippen LogP contribution in [0.25, 0.3) is 10.9 Å². The molecule has 0 radical (unpaired) electrons. The smallest absolute Gasteiger partial charge is 0.341 e. The lowest BCUT2D eigenvalue weighted by Crippen LogP contribution is -2.50. The third-order valence-corrected chi connectivity index (χ3v) is 6.53. The molecule has 41 heavy (non-hydrogen) atoms. The minimum Gasteiger partial charge on any atom is -0.493 e. The van der Waals surface area contributed by atoms with Crippen LogP contribution in [0.2, 0.25) is 0 Å². The van der Waals surface area contributed by atoms with Gasteiger partial charge in [-0.1, -0.05) is 0 Å². The molecule has 1 aliphatic heterocycles. The van der Waals surface area contributed by atoms with Crippen LogP contribution in [0.3, 0.4) is 0 Å². The zero-order valence-electron chi connectivity index (χ0n) is 24.3. The summed E-state index contributed by atoms with van der Waals surface area (Å²) in [6, 6.07) is 10.7. The van der Waals surface area contributed by atoms with Crippen molar-refractivity contribution in [3.63, 3.8) is 0 Å². The molecule has 2 amide bonds. The molecule has 0 aliphatic carbocycles. The first-order valence-electron chi connectivity index (χ1n) is 13.7. The Balaban J connectivity index is 1.55. The SMILES string of the molecule is CCOC(=O)c1cnc2cc(OCCOC)c(OC)cc2c1N1CCN(C(=O)Nc2ccc(OC(C)C)cc2)CC1. The zero-order chi connectivity index (χ0) is 29.4. The van der Waals surface area contributed by atoms with E-state index in [-0.39, 0.29) is 18.7 Å². The largest absolute Gasteiger partial charge is 0.493 e. The van der Waals surface area contributed by atoms with Crippen molar-refractivity contribution < 1.29 is 33.3 Å². The minimum absolute atomic E-state index is 0.0750. The van der Waals surface area contributed by atoms with Gasteiger partial charge < -0.3 is 38.8 Å². The van der Waals surface area contributed by atoms with Crippen LogP contribution in [0.4, 0.5) is 16.2 Å². The van der Waals surface area contributed by atoms with Crippen LogP contribution in [-0.2, 0) is 9.47 Å². The molecule has 11 nitrogen and oxygen atoms in total. The Morgan fingerprint density at radius 3 is 2.37 bits per heavy atom. The molecule has 1 N–H and O–H groups in total. The number of piperazine rings is 1. The molecule has 4 rings (SSSR count). The summed E-state index contributed by atoms with van der Waals surface area (Å²) in [6.07, 6.45) is 1.61. The molecule has 3 aromatic rings. The molecule has 2 heterocycles. The highest BCUT2D eigenvalue weighted by atomic mass is 16.5. The predicted octanol–water partition coefficient (Wildman–Crippen LogP) is 4.59. The maximum absolute atomic E-state index is 13.0. The number of pyridine rings is 1. The number of nitrogens with zero attached hydrogens (tertiary/aromatic N) is 3. The van der Waals surface area contributed by atoms with Crippen LogP contribution in [0.5, 0.6) is 17.2 Å². The van der Waals surface area contributed by atoms with Gasteiger partial charge in [-0.05, 0) is 51.1 Å². The summed E-state index contributed by atoms with van der Waals surface area (Å²) in [5.41, 5.74) is 2.38. The molecule has 11 heteroatoms. The third-order valence-electron chi connectivity index (χ3n) is 6.53. The quantitative estimate of drug-likeness (QED) is 0.263. The van der Waals surface area contributed by atoms with E-state index >= 15 is 0 Å². The van der Waals surface area contributed by atoms with Crippen molar-refractivity contribution in [3.05, 3.63) is 48.2 Å². The number of methoxy groups -OCH3 is 2. The molecule has 1 aromatic heterocycles. The lowest BCUT2D eigenvalue weighted by Gasteiger charge is -2.37. The number of carbonyl (C=O) groups is 2. The highest BCUT2D eigenvalue weighted by Gasteiger charge is 2.27. The fraction of sp³-hybridized carbons (Fsp3) is 0.433. The number of ether oxygens (including phenoxy) is 5. The first-order valence-corrected chi connectivity index (χ1v) is 13.7. The second kappa shape index (κ2) is 13.9. The van der Waals surface area contributed by atoms with Crippen molar-refractivity contribution in [1.82, 2.24) is 9.88 Å². The number of anilines is 2. The Bertz CT molecular complexity index is 1340. The summed E-state index contributed by atoms with van der Waals surface area (Å²) in [4.78, 5) is 34.4. The van der Waals surface area contributed by atoms with Gasteiger partial charge in [0.25, 0.3) is 0 Å². The van der Waals surface area contributed by atoms with Gasteiger partial charge in [0.1, 0.15) is 17.9 Å². The molecule has 1 fully saturated rings. The molecule has 0 bridgehead atoms. The van der Waals surface area contributed by atoms with Gasteiger partial charge in [-0.25, -0.2) is 9.59 Å². The molecule has 0 unspecified atom stereocenters. The number of amides is 2. The summed E-state index contributed by atoms with van der Waals surface area (Å²) in [5, 5.41) is 3.68. The van der Waals surface area contributed by atoms with E-state index in [1.54, 1.807) is 32.1 Å². The number of hydrogen-bond acceptors (Lipinski definition) is 9. The van der Waals surface area contributed by atoms with E-state index in [9.17, 15) is 9.59 Å². The predicted molar refractivity (Wildman–Crippen MR) is 157 cm³/mol. The van der Waals surface area contributed by atoms with Crippen LogP contribution >= 0.6 is 0 Å². The number of urea groups is 1. The van der Waals surface area contributed by atoms with Crippen molar-refractivity contribution in [2.45, 2.75) is 26.9 Å². The second-order valence-electron chi connectivity index (χ2n) is 9.70. The van der Waals surface area contributed by atoms with E-state index in [1.807, 2.05) is 44.2 Å². The van der Waals surface area contributed by atoms with Crippen LogP contribution in [0, 0.1) is 0 Å². The molecule has 0 saturated carbocycles. The number of carbonyl (C=O) groups excluding carboxylic acids is 2. The number of hydrogen-bond donors (Lipinski definition) is 1. The van der Waals surface area contributed by atoms with Gasteiger partial charge in [-0.3, -0.25) is 4.98 Å². The van der Waals surface area contributed by atoms with E-state index in [4.69, 9.17) is 23.7 Å². The van der Waals surface area contributed by atoms with Gasteiger partial charge in [0.05, 0.1) is 37.6 Å². The van der Waals surface area contributed by atoms with Crippen LogP contribution in [0.15, 0.2) is 42.6 Å². The van der Waals surface area contributed by atoms with Gasteiger partial charge in [-0.2, -0.15) is 0 Å². The number of nitrogens with one attached hydrogen (secondary N) is 1. The van der Waals surface area contributed by atoms with Gasteiger partial charge in [0.15, 0.2) is 11.5 Å². The van der Waals surface area contributed by atoms with Crippen LogP contribution < -0.4 is 24.4 Å². The fourth-order valence-electron chi connectivity index (χ4n) is 4.62. The Hall–Kier alpha value is -4.25. The van der Waals surface area contributed by atoms with Crippen LogP contribution in [-0.4, -0.2) is 88.2 Å². The maximum Gasteiger partial charge on any atom is 0.341 e. The minimum atomic E-state index is -0.457. The average molecular weight is 567 g/mol. The lowest BCUT2D eigenvalue weighted by atomic mass is 10.1. The maximum atomic E-state index is 13.0. The average Bonchev–Trinajstić information content (AvgIpc) is 2.97. The Labute approximate surface area is 240 Å². The van der Waals surface area contributed by atoms with Gasteiger partial charge in [0, 0.05) is 56.6 Å². The molecule has 0 spiro atoms. The van der Waals surface area contributed by atoms with Gasteiger partial charge >= 0.3 is 12.0 Å². The number of fused-ring (bicyclic) bond motifs is 1. The number of aromatic nitrogens is 1. The molecule has 1 saturated heterocycles. The number of esters is 1. The van der Waals surface area contributed by atoms with E-state index in [2.05, 4.69) is 15.2 Å². The summed E-state index contributed by atoms with van der Waals surface area (Å²) in [5.74, 6) is 1.34. The summed E-state index contributed by atoms with van der Waals surface area (Å²) < 4.78 is 27.6. The van der Waals surface area contributed by atoms with E-state index in [1.165, 1.54) is 6.20 Å². The summed E-state index contributed by atoms with van der Waals surface area (Å²) >= 11 is 0. The Morgan fingerprint density at radius 1 is 1.00 bits per heavy atom. The van der Waals surface area contributed by atoms with E-state index < -0.39 is 5.97 Å². The third kappa shape index (κ3) is 7.29. The fourth-order valence-corrected chi connectivity index (χ4v) is 4.62. The normalized spacial score (nSPS) is 13.3. The standard InChI is InChI=1S/C30H38N4O7/c1-6-39-29(35)24-19-31-25-18-27(40-16-15-37-4)26(38-5)17-23(25)28(24)33-11-13-34(14-12-33)30(36)32-21-7-9-22(10-8-21)41-20(2)3/h7-10,17-20H,6,11-16H2,1-5H3,(H,32,36). The Morgan fingerprint density at radius 2 is 1.73 bits per heavy atom. The lowest BCUT2D eigenvalue weighted by molar-refractivity contribution is 0.0526. The monoisotopic (exact) mass is 566 g/mol. The topological polar surface area (TPSA) is 112 Å². The molecule has 2 aromatic carbocycles. The van der Waals surface area contributed by atoms with Gasteiger partial charge in [-0.15, -0.1) is 0 Å². The second-order valence-corrected chi connectivity index (χ2v) is 9.70.